The molecule has 0 saturated heterocycles. The number of aromatic hydroxyl groups is 1. The van der Waals surface area contributed by atoms with Gasteiger partial charge >= 0.3 is 5.92 Å². The van der Waals surface area contributed by atoms with E-state index in [1.165, 1.54) is 24.3 Å². The number of hydrogen-bond acceptors (Lipinski definition) is 5. The highest BCUT2D eigenvalue weighted by atomic mass is 19.3. The minimum Gasteiger partial charge on any atom is -0.506 e. The summed E-state index contributed by atoms with van der Waals surface area (Å²) in [6.45, 7) is 0.0432. The van der Waals surface area contributed by atoms with Gasteiger partial charge in [-0.25, -0.2) is 0 Å². The van der Waals surface area contributed by atoms with Crippen molar-refractivity contribution in [3.8, 4) is 11.5 Å². The van der Waals surface area contributed by atoms with Crippen LogP contribution in [0.2, 0.25) is 0 Å². The number of anilines is 1. The van der Waals surface area contributed by atoms with Gasteiger partial charge in [0, 0.05) is 12.1 Å². The molecule has 174 valence electrons. The molecule has 0 aromatic heterocycles. The molecular formula is C25H26F2N2O4. The van der Waals surface area contributed by atoms with Gasteiger partial charge in [-0.3, -0.25) is 4.79 Å². The first-order valence-corrected chi connectivity index (χ1v) is 10.5. The molecule has 0 fully saturated rings. The summed E-state index contributed by atoms with van der Waals surface area (Å²) in [4.78, 5) is 10.6. The first-order valence-electron chi connectivity index (χ1n) is 10.5. The summed E-state index contributed by atoms with van der Waals surface area (Å²) >= 11 is 0. The van der Waals surface area contributed by atoms with Crippen LogP contribution in [0.25, 0.3) is 0 Å². The van der Waals surface area contributed by atoms with E-state index in [1.54, 1.807) is 42.5 Å². The third-order valence-electron chi connectivity index (χ3n) is 5.06. The highest BCUT2D eigenvalue weighted by Gasteiger charge is 2.32. The normalized spacial score (nSPS) is 12.2. The molecular weight excluding hydrogens is 430 g/mol. The number of rotatable bonds is 12. The van der Waals surface area contributed by atoms with E-state index in [-0.39, 0.29) is 23.5 Å². The molecule has 0 heterocycles. The predicted octanol–water partition coefficient (Wildman–Crippen LogP) is 4.00. The molecule has 6 nitrogen and oxygen atoms in total. The molecule has 3 rings (SSSR count). The number of phenolic OH excluding ortho intramolecular Hbond substituents is 1. The number of phenols is 1. The van der Waals surface area contributed by atoms with Crippen LogP contribution in [0.5, 0.6) is 11.5 Å². The van der Waals surface area contributed by atoms with E-state index >= 15 is 0 Å². The van der Waals surface area contributed by atoms with Crippen LogP contribution in [-0.4, -0.2) is 36.3 Å². The average molecular weight is 456 g/mol. The SMILES string of the molecule is O=CNc1cc([C@H](O)CNCCc2cccc(OCC(F)(F)c3ccccc3)c2)ccc1O. The topological polar surface area (TPSA) is 90.8 Å². The molecule has 0 aliphatic carbocycles. The van der Waals surface area contributed by atoms with Gasteiger partial charge in [0.05, 0.1) is 11.8 Å². The largest absolute Gasteiger partial charge is 0.506 e. The second kappa shape index (κ2) is 11.4. The maximum Gasteiger partial charge on any atom is 0.306 e. The molecule has 3 aromatic rings. The van der Waals surface area contributed by atoms with Crippen molar-refractivity contribution < 1.29 is 28.5 Å². The zero-order valence-corrected chi connectivity index (χ0v) is 17.9. The van der Waals surface area contributed by atoms with Gasteiger partial charge in [-0.1, -0.05) is 48.5 Å². The molecule has 0 aliphatic heterocycles. The molecule has 0 radical (unpaired) electrons. The van der Waals surface area contributed by atoms with E-state index in [0.717, 1.165) is 5.56 Å². The van der Waals surface area contributed by atoms with Crippen molar-refractivity contribution >= 4 is 12.1 Å². The molecule has 0 saturated carbocycles. The molecule has 8 heteroatoms. The van der Waals surface area contributed by atoms with Gasteiger partial charge in [0.25, 0.3) is 0 Å². The number of aliphatic hydroxyl groups excluding tert-OH is 1. The molecule has 0 unspecified atom stereocenters. The van der Waals surface area contributed by atoms with Gasteiger partial charge in [0.2, 0.25) is 6.41 Å². The van der Waals surface area contributed by atoms with Crippen LogP contribution in [0.4, 0.5) is 14.5 Å². The van der Waals surface area contributed by atoms with E-state index in [9.17, 15) is 23.8 Å². The van der Waals surface area contributed by atoms with E-state index in [2.05, 4.69) is 10.6 Å². The van der Waals surface area contributed by atoms with Crippen LogP contribution in [0.15, 0.2) is 72.8 Å². The zero-order chi connectivity index (χ0) is 23.7. The van der Waals surface area contributed by atoms with Crippen LogP contribution >= 0.6 is 0 Å². The first-order chi connectivity index (χ1) is 15.9. The standard InChI is InChI=1S/C25H26F2N2O4/c26-25(27,20-6-2-1-3-7-20)16-33-21-8-4-5-18(13-21)11-12-28-15-24(32)19-9-10-23(31)22(14-19)29-17-30/h1-10,13-14,17,24,28,31-32H,11-12,15-16H2,(H,29,30)/t24-/m1/s1. The predicted molar refractivity (Wildman–Crippen MR) is 122 cm³/mol. The summed E-state index contributed by atoms with van der Waals surface area (Å²) in [6, 6.07) is 19.0. The van der Waals surface area contributed by atoms with Crippen LogP contribution in [0.1, 0.15) is 22.8 Å². The summed E-state index contributed by atoms with van der Waals surface area (Å²) in [5.41, 5.74) is 1.57. The molecule has 0 bridgehead atoms. The number of hydrogen-bond donors (Lipinski definition) is 4. The minimum absolute atomic E-state index is 0.0883. The Hall–Kier alpha value is -3.49. The van der Waals surface area contributed by atoms with Gasteiger partial charge in [-0.15, -0.1) is 0 Å². The fraction of sp³-hybridized carbons (Fsp3) is 0.240. The van der Waals surface area contributed by atoms with Crippen LogP contribution < -0.4 is 15.4 Å². The number of alkyl halides is 2. The first kappa shape index (κ1) is 24.2. The number of ether oxygens (including phenoxy) is 1. The molecule has 4 N–H and O–H groups in total. The number of carbonyl (C=O) groups is 1. The van der Waals surface area contributed by atoms with Crippen molar-refractivity contribution in [1.82, 2.24) is 5.32 Å². The molecule has 1 atom stereocenters. The quantitative estimate of drug-likeness (QED) is 0.188. The number of carbonyl (C=O) groups excluding carboxylic acids is 1. The summed E-state index contributed by atoms with van der Waals surface area (Å²) in [5.74, 6) is -2.82. The Balaban J connectivity index is 1.47. The zero-order valence-electron chi connectivity index (χ0n) is 17.9. The van der Waals surface area contributed by atoms with Crippen molar-refractivity contribution in [2.24, 2.45) is 0 Å². The smallest absolute Gasteiger partial charge is 0.306 e. The second-order valence-corrected chi connectivity index (χ2v) is 7.52. The van der Waals surface area contributed by atoms with Crippen molar-refractivity contribution in [2.75, 3.05) is 25.0 Å². The van der Waals surface area contributed by atoms with Crippen LogP contribution in [-0.2, 0) is 17.1 Å². The number of nitrogens with one attached hydrogen (secondary N) is 2. The highest BCUT2D eigenvalue weighted by Crippen LogP contribution is 2.29. The summed E-state index contributed by atoms with van der Waals surface area (Å²) in [7, 11) is 0. The Labute approximate surface area is 190 Å². The number of aliphatic hydroxyl groups is 1. The second-order valence-electron chi connectivity index (χ2n) is 7.52. The van der Waals surface area contributed by atoms with E-state index in [0.29, 0.717) is 30.7 Å². The molecule has 0 spiro atoms. The third-order valence-corrected chi connectivity index (χ3v) is 5.06. The lowest BCUT2D eigenvalue weighted by Gasteiger charge is -2.18. The van der Waals surface area contributed by atoms with Crippen molar-refractivity contribution in [2.45, 2.75) is 18.4 Å². The lowest BCUT2D eigenvalue weighted by atomic mass is 10.1. The van der Waals surface area contributed by atoms with E-state index < -0.39 is 18.6 Å². The van der Waals surface area contributed by atoms with Gasteiger partial charge in [0.15, 0.2) is 6.61 Å². The Morgan fingerprint density at radius 3 is 2.58 bits per heavy atom. The van der Waals surface area contributed by atoms with Crippen molar-refractivity contribution in [3.05, 3.63) is 89.5 Å². The Morgan fingerprint density at radius 2 is 1.82 bits per heavy atom. The van der Waals surface area contributed by atoms with Crippen molar-refractivity contribution in [1.29, 1.82) is 0 Å². The van der Waals surface area contributed by atoms with Gasteiger partial charge < -0.3 is 25.6 Å². The molecule has 0 aliphatic rings. The van der Waals surface area contributed by atoms with Crippen molar-refractivity contribution in [3.63, 3.8) is 0 Å². The summed E-state index contributed by atoms with van der Waals surface area (Å²) < 4.78 is 34.0. The van der Waals surface area contributed by atoms with E-state index in [4.69, 9.17) is 4.74 Å². The molecule has 1 amide bonds. The Morgan fingerprint density at radius 1 is 1.03 bits per heavy atom. The van der Waals surface area contributed by atoms with Crippen LogP contribution in [0.3, 0.4) is 0 Å². The van der Waals surface area contributed by atoms with Crippen LogP contribution in [0, 0.1) is 0 Å². The fourth-order valence-corrected chi connectivity index (χ4v) is 3.26. The van der Waals surface area contributed by atoms with Gasteiger partial charge in [-0.2, -0.15) is 8.78 Å². The number of benzene rings is 3. The summed E-state index contributed by atoms with van der Waals surface area (Å²) in [6.07, 6.45) is 0.212. The highest BCUT2D eigenvalue weighted by molar-refractivity contribution is 5.75. The maximum atomic E-state index is 14.3. The molecule has 3 aromatic carbocycles. The number of halogens is 2. The Bertz CT molecular complexity index is 1050. The molecule has 33 heavy (non-hydrogen) atoms. The average Bonchev–Trinajstić information content (AvgIpc) is 2.83. The lowest BCUT2D eigenvalue weighted by Crippen LogP contribution is -2.24. The fourth-order valence-electron chi connectivity index (χ4n) is 3.26. The van der Waals surface area contributed by atoms with Gasteiger partial charge in [0.1, 0.15) is 11.5 Å². The lowest BCUT2D eigenvalue weighted by molar-refractivity contribution is -0.105. The monoisotopic (exact) mass is 456 g/mol. The number of amides is 1. The third kappa shape index (κ3) is 7.00. The Kier molecular flexibility index (Phi) is 8.34. The summed E-state index contributed by atoms with van der Waals surface area (Å²) in [5, 5.41) is 25.5. The maximum absolute atomic E-state index is 14.3. The van der Waals surface area contributed by atoms with Gasteiger partial charge in [-0.05, 0) is 48.4 Å². The van der Waals surface area contributed by atoms with E-state index in [1.807, 2.05) is 6.07 Å². The minimum atomic E-state index is -3.09.